The van der Waals surface area contributed by atoms with E-state index >= 15 is 0 Å². The third-order valence-electron chi connectivity index (χ3n) is 5.53. The summed E-state index contributed by atoms with van der Waals surface area (Å²) in [6, 6.07) is 0. The average molecular weight is 490 g/mol. The Kier molecular flexibility index (Phi) is 14.3. The smallest absolute Gasteiger partial charge is 0.404 e. The van der Waals surface area contributed by atoms with E-state index in [4.69, 9.17) is 15.2 Å². The predicted octanol–water partition coefficient (Wildman–Crippen LogP) is 3.83. The molecule has 194 valence electrons. The molecule has 0 aliphatic carbocycles. The van der Waals surface area contributed by atoms with E-state index in [1.54, 1.807) is 19.1 Å². The Bertz CT molecular complexity index is 840. The zero-order valence-corrected chi connectivity index (χ0v) is 20.8. The highest BCUT2D eigenvalue weighted by Gasteiger charge is 2.21. The number of hydrogen-bond donors (Lipinski definition) is 3. The lowest BCUT2D eigenvalue weighted by molar-refractivity contribution is -0.144. The summed E-state index contributed by atoms with van der Waals surface area (Å²) in [4.78, 5) is 34.6. The molecule has 5 atom stereocenters. The van der Waals surface area contributed by atoms with E-state index in [1.807, 2.05) is 32.1 Å². The largest absolute Gasteiger partial charge is 0.458 e. The maximum atomic E-state index is 12.4. The number of hydrogen-bond acceptors (Lipinski definition) is 7. The Morgan fingerprint density at radius 3 is 2.66 bits per heavy atom. The fraction of sp³-hybridized carbons (Fsp3) is 0.519. The second-order valence-electron chi connectivity index (χ2n) is 8.84. The lowest BCUT2D eigenvalue weighted by atomic mass is 9.96. The zero-order valence-electron chi connectivity index (χ0n) is 20.8. The number of aliphatic hydroxyl groups is 2. The molecule has 0 radical (unpaired) electrons. The number of cyclic esters (lactones) is 1. The van der Waals surface area contributed by atoms with Crippen molar-refractivity contribution < 1.29 is 34.1 Å². The summed E-state index contributed by atoms with van der Waals surface area (Å²) in [6.07, 6.45) is 12.9. The molecule has 0 aromatic heterocycles. The van der Waals surface area contributed by atoms with Crippen molar-refractivity contribution >= 4 is 18.3 Å². The van der Waals surface area contributed by atoms with Crippen LogP contribution in [0.1, 0.15) is 59.3 Å². The number of esters is 1. The van der Waals surface area contributed by atoms with Gasteiger partial charge in [-0.25, -0.2) is 9.59 Å². The van der Waals surface area contributed by atoms with Crippen LogP contribution in [-0.4, -0.2) is 53.0 Å². The van der Waals surface area contributed by atoms with Gasteiger partial charge in [-0.2, -0.15) is 0 Å². The Morgan fingerprint density at radius 1 is 1.23 bits per heavy atom. The van der Waals surface area contributed by atoms with Crippen molar-refractivity contribution in [3.05, 3.63) is 59.8 Å². The molecular weight excluding hydrogens is 450 g/mol. The van der Waals surface area contributed by atoms with Crippen molar-refractivity contribution in [2.24, 2.45) is 11.7 Å². The number of allylic oxidation sites excluding steroid dienone is 5. The minimum absolute atomic E-state index is 0.169. The molecule has 8 heteroatoms. The Labute approximate surface area is 207 Å². The molecule has 1 aliphatic rings. The summed E-state index contributed by atoms with van der Waals surface area (Å²) in [5, 5.41) is 20.5. The van der Waals surface area contributed by atoms with E-state index in [0.717, 1.165) is 11.9 Å². The van der Waals surface area contributed by atoms with Crippen LogP contribution in [0.3, 0.4) is 0 Å². The predicted molar refractivity (Wildman–Crippen MR) is 134 cm³/mol. The van der Waals surface area contributed by atoms with Crippen LogP contribution in [0.25, 0.3) is 0 Å². The molecule has 0 fully saturated rings. The highest BCUT2D eigenvalue weighted by molar-refractivity contribution is 5.82. The molecule has 1 aliphatic heterocycles. The van der Waals surface area contributed by atoms with Crippen molar-refractivity contribution in [3.63, 3.8) is 0 Å². The molecule has 0 bridgehead atoms. The number of carbonyl (C=O) groups excluding carboxylic acids is 3. The Hall–Kier alpha value is -2.97. The number of nitrogens with two attached hydrogens (primary N) is 1. The molecule has 0 aromatic rings. The second-order valence-corrected chi connectivity index (χ2v) is 8.84. The van der Waals surface area contributed by atoms with E-state index in [-0.39, 0.29) is 5.92 Å². The van der Waals surface area contributed by atoms with Gasteiger partial charge in [-0.05, 0) is 51.5 Å². The van der Waals surface area contributed by atoms with E-state index in [0.29, 0.717) is 44.1 Å². The average Bonchev–Trinajstić information content (AvgIpc) is 2.79. The van der Waals surface area contributed by atoms with Gasteiger partial charge in [-0.1, -0.05) is 55.0 Å². The summed E-state index contributed by atoms with van der Waals surface area (Å²) in [5.41, 5.74) is 6.68. The Balaban J connectivity index is 3.08. The van der Waals surface area contributed by atoms with E-state index < -0.39 is 36.5 Å². The molecular formula is C27H39NO7. The van der Waals surface area contributed by atoms with Crippen LogP contribution in [0.4, 0.5) is 4.79 Å². The number of carbonyl (C=O) groups is 3. The van der Waals surface area contributed by atoms with Crippen molar-refractivity contribution in [2.75, 3.05) is 0 Å². The van der Waals surface area contributed by atoms with Crippen LogP contribution in [0.2, 0.25) is 0 Å². The van der Waals surface area contributed by atoms with Crippen LogP contribution in [0.5, 0.6) is 0 Å². The zero-order chi connectivity index (χ0) is 26.2. The van der Waals surface area contributed by atoms with Crippen molar-refractivity contribution in [3.8, 4) is 0 Å². The molecule has 0 saturated carbocycles. The lowest BCUT2D eigenvalue weighted by Crippen LogP contribution is -2.32. The highest BCUT2D eigenvalue weighted by Crippen LogP contribution is 2.20. The molecule has 0 spiro atoms. The molecule has 0 unspecified atom stereocenters. The normalized spacial score (nSPS) is 31.1. The highest BCUT2D eigenvalue weighted by atomic mass is 16.6. The standard InChI is InChI=1S/C27H39NO7/c1-19-10-6-4-8-12-24(35-27(28)33)23(31)15-14-22(30)11-7-5-9-13-26(32)34-25(17-19)21(3)16-20(2)18-29/h4,6,9-10,13-16,18,21-25,30-31H,5,7-8,11-12,17H2,1-3H3,(H2,28,33)/b6-4+,13-9+,15-14+,19-10+,20-16+/t21-,22+,23+,24+,25-/m1/s1. The summed E-state index contributed by atoms with van der Waals surface area (Å²) in [7, 11) is 0. The van der Waals surface area contributed by atoms with Gasteiger partial charge in [-0.15, -0.1) is 0 Å². The van der Waals surface area contributed by atoms with Gasteiger partial charge in [0.1, 0.15) is 24.6 Å². The topological polar surface area (TPSA) is 136 Å². The SMILES string of the molecule is C/C(C=O)=C\[C@@H](C)[C@H]1C/C(C)=C/C=C/CC[C@H](OC(N)=O)[C@@H](O)/C=C/[C@@H](O)CCC/C=C/C(=O)O1. The monoisotopic (exact) mass is 489 g/mol. The number of primary amides is 1. The van der Waals surface area contributed by atoms with Crippen LogP contribution in [0, 0.1) is 5.92 Å². The number of ether oxygens (including phenoxy) is 2. The van der Waals surface area contributed by atoms with Crippen molar-refractivity contribution in [1.82, 2.24) is 0 Å². The number of amides is 1. The van der Waals surface area contributed by atoms with Crippen LogP contribution >= 0.6 is 0 Å². The van der Waals surface area contributed by atoms with Gasteiger partial charge < -0.3 is 25.4 Å². The van der Waals surface area contributed by atoms with Crippen molar-refractivity contribution in [2.45, 2.75) is 83.7 Å². The molecule has 8 nitrogen and oxygen atoms in total. The summed E-state index contributed by atoms with van der Waals surface area (Å²) in [5.74, 6) is -0.626. The molecule has 4 N–H and O–H groups in total. The minimum Gasteiger partial charge on any atom is -0.458 e. The van der Waals surface area contributed by atoms with E-state index in [2.05, 4.69) is 0 Å². The van der Waals surface area contributed by atoms with E-state index in [9.17, 15) is 24.6 Å². The van der Waals surface area contributed by atoms with Gasteiger partial charge in [0.15, 0.2) is 0 Å². The van der Waals surface area contributed by atoms with Gasteiger partial charge in [0.2, 0.25) is 0 Å². The molecule has 1 rings (SSSR count). The summed E-state index contributed by atoms with van der Waals surface area (Å²) < 4.78 is 10.7. The third-order valence-corrected chi connectivity index (χ3v) is 5.53. The summed E-state index contributed by atoms with van der Waals surface area (Å²) in [6.45, 7) is 5.53. The quantitative estimate of drug-likeness (QED) is 0.236. The third kappa shape index (κ3) is 13.5. The summed E-state index contributed by atoms with van der Waals surface area (Å²) >= 11 is 0. The number of aldehydes is 1. The first kappa shape index (κ1) is 30.1. The number of rotatable bonds is 4. The van der Waals surface area contributed by atoms with Gasteiger partial charge >= 0.3 is 12.1 Å². The molecule has 35 heavy (non-hydrogen) atoms. The first-order valence-electron chi connectivity index (χ1n) is 12.0. The molecule has 1 amide bonds. The fourth-order valence-electron chi connectivity index (χ4n) is 3.59. The van der Waals surface area contributed by atoms with Crippen LogP contribution in [0.15, 0.2) is 59.8 Å². The van der Waals surface area contributed by atoms with Gasteiger partial charge in [0.25, 0.3) is 0 Å². The second kappa shape index (κ2) is 16.6. The lowest BCUT2D eigenvalue weighted by Gasteiger charge is -2.22. The fourth-order valence-corrected chi connectivity index (χ4v) is 3.59. The van der Waals surface area contributed by atoms with Crippen molar-refractivity contribution in [1.29, 1.82) is 0 Å². The van der Waals surface area contributed by atoms with Crippen LogP contribution in [-0.2, 0) is 19.1 Å². The van der Waals surface area contributed by atoms with Gasteiger partial charge in [0.05, 0.1) is 6.10 Å². The van der Waals surface area contributed by atoms with Gasteiger partial charge in [-0.3, -0.25) is 4.79 Å². The first-order chi connectivity index (χ1) is 16.6. The molecule has 0 saturated heterocycles. The van der Waals surface area contributed by atoms with Crippen LogP contribution < -0.4 is 5.73 Å². The minimum atomic E-state index is -1.10. The maximum absolute atomic E-state index is 12.4. The van der Waals surface area contributed by atoms with E-state index in [1.165, 1.54) is 18.2 Å². The van der Waals surface area contributed by atoms with Gasteiger partial charge in [0, 0.05) is 18.4 Å². The Morgan fingerprint density at radius 2 is 1.97 bits per heavy atom. The first-order valence-corrected chi connectivity index (χ1v) is 12.0. The molecule has 0 aromatic carbocycles. The molecule has 1 heterocycles. The maximum Gasteiger partial charge on any atom is 0.404 e. The number of aliphatic hydroxyl groups excluding tert-OH is 2.